The summed E-state index contributed by atoms with van der Waals surface area (Å²) in [6.07, 6.45) is 1.98. The van der Waals surface area contributed by atoms with E-state index in [1.165, 1.54) is 12.1 Å². The quantitative estimate of drug-likeness (QED) is 0.905. The summed E-state index contributed by atoms with van der Waals surface area (Å²) in [6.45, 7) is 5.70. The molecule has 100 valence electrons. The number of benzene rings is 1. The first-order valence-corrected chi connectivity index (χ1v) is 6.79. The van der Waals surface area contributed by atoms with E-state index in [9.17, 15) is 4.39 Å². The molecule has 0 aliphatic carbocycles. The van der Waals surface area contributed by atoms with Crippen molar-refractivity contribution in [3.8, 4) is 0 Å². The number of ether oxygens (including phenoxy) is 1. The summed E-state index contributed by atoms with van der Waals surface area (Å²) in [7, 11) is 0. The lowest BCUT2D eigenvalue weighted by Gasteiger charge is -2.40. The minimum Gasteiger partial charge on any atom is -0.370 e. The van der Waals surface area contributed by atoms with Crippen LogP contribution in [0.4, 0.5) is 4.39 Å². The van der Waals surface area contributed by atoms with Crippen molar-refractivity contribution in [3.63, 3.8) is 0 Å². The third kappa shape index (κ3) is 2.68. The average Bonchev–Trinajstić information content (AvgIpc) is 2.39. The Morgan fingerprint density at radius 3 is 2.67 bits per heavy atom. The molecule has 1 aromatic rings. The first-order chi connectivity index (χ1) is 8.60. The molecule has 0 bridgehead atoms. The van der Waals surface area contributed by atoms with Crippen molar-refractivity contribution in [2.75, 3.05) is 13.2 Å². The minimum absolute atomic E-state index is 0.0724. The van der Waals surface area contributed by atoms with E-state index < -0.39 is 0 Å². The molecule has 0 saturated carbocycles. The highest BCUT2D eigenvalue weighted by Gasteiger charge is 2.33. The number of morpholine rings is 1. The lowest BCUT2D eigenvalue weighted by molar-refractivity contribution is -0.0374. The highest BCUT2D eigenvalue weighted by Crippen LogP contribution is 2.31. The van der Waals surface area contributed by atoms with Crippen molar-refractivity contribution in [2.24, 2.45) is 0 Å². The van der Waals surface area contributed by atoms with Crippen LogP contribution in [-0.2, 0) is 4.74 Å². The smallest absolute Gasteiger partial charge is 0.124 e. The third-order valence-corrected chi connectivity index (χ3v) is 4.21. The maximum Gasteiger partial charge on any atom is 0.124 e. The zero-order valence-electron chi connectivity index (χ0n) is 10.8. The second-order valence-electron chi connectivity index (χ2n) is 4.83. The molecule has 2 rings (SSSR count). The van der Waals surface area contributed by atoms with Crippen LogP contribution in [0.25, 0.3) is 0 Å². The number of halogens is 2. The van der Waals surface area contributed by atoms with Crippen molar-refractivity contribution in [1.29, 1.82) is 0 Å². The topological polar surface area (TPSA) is 21.3 Å². The Bertz CT molecular complexity index is 410. The Morgan fingerprint density at radius 1 is 1.44 bits per heavy atom. The summed E-state index contributed by atoms with van der Waals surface area (Å²) in [4.78, 5) is 0. The molecule has 1 fully saturated rings. The summed E-state index contributed by atoms with van der Waals surface area (Å²) in [5.41, 5.74) is 0.926. The largest absolute Gasteiger partial charge is 0.370 e. The summed E-state index contributed by atoms with van der Waals surface area (Å²) >= 11 is 6.05. The van der Waals surface area contributed by atoms with Gasteiger partial charge in [-0.05, 0) is 25.0 Å². The molecular weight excluding hydrogens is 253 g/mol. The Labute approximate surface area is 112 Å². The molecule has 1 N–H and O–H groups in total. The molecule has 0 radical (unpaired) electrons. The molecule has 2 nitrogen and oxygen atoms in total. The second-order valence-corrected chi connectivity index (χ2v) is 5.24. The van der Waals surface area contributed by atoms with Crippen molar-refractivity contribution in [1.82, 2.24) is 5.32 Å². The molecule has 0 amide bonds. The van der Waals surface area contributed by atoms with E-state index in [0.29, 0.717) is 18.2 Å². The molecule has 1 aliphatic rings. The van der Waals surface area contributed by atoms with Crippen LogP contribution in [0.2, 0.25) is 5.02 Å². The summed E-state index contributed by atoms with van der Waals surface area (Å²) in [5.74, 6) is -0.316. The highest BCUT2D eigenvalue weighted by molar-refractivity contribution is 6.31. The Balaban J connectivity index is 2.10. The van der Waals surface area contributed by atoms with Crippen LogP contribution >= 0.6 is 11.6 Å². The van der Waals surface area contributed by atoms with Crippen LogP contribution in [0.5, 0.6) is 0 Å². The second kappa shape index (κ2) is 5.55. The van der Waals surface area contributed by atoms with Gasteiger partial charge in [0.1, 0.15) is 5.82 Å². The number of hydrogen-bond donors (Lipinski definition) is 1. The standard InChI is InChI=1S/C14H19ClFNO/c1-3-14(4-2)9-18-13(8-17-14)11-6-5-10(16)7-12(11)15/h5-7,13,17H,3-4,8-9H2,1-2H3. The maximum absolute atomic E-state index is 13.0. The molecule has 18 heavy (non-hydrogen) atoms. The Morgan fingerprint density at radius 2 is 2.17 bits per heavy atom. The fourth-order valence-corrected chi connectivity index (χ4v) is 2.63. The van der Waals surface area contributed by atoms with Crippen molar-refractivity contribution >= 4 is 11.6 Å². The monoisotopic (exact) mass is 271 g/mol. The van der Waals surface area contributed by atoms with Gasteiger partial charge in [0.05, 0.1) is 12.7 Å². The first kappa shape index (κ1) is 13.8. The van der Waals surface area contributed by atoms with E-state index in [1.54, 1.807) is 6.07 Å². The van der Waals surface area contributed by atoms with E-state index >= 15 is 0 Å². The van der Waals surface area contributed by atoms with Gasteiger partial charge in [0.2, 0.25) is 0 Å². The Kier molecular flexibility index (Phi) is 4.25. The zero-order chi connectivity index (χ0) is 13.2. The van der Waals surface area contributed by atoms with Gasteiger partial charge in [0, 0.05) is 22.7 Å². The SMILES string of the molecule is CCC1(CC)COC(c2ccc(F)cc2Cl)CN1. The molecule has 1 saturated heterocycles. The van der Waals surface area contributed by atoms with E-state index in [4.69, 9.17) is 16.3 Å². The van der Waals surface area contributed by atoms with Crippen LogP contribution in [0.15, 0.2) is 18.2 Å². The van der Waals surface area contributed by atoms with E-state index in [1.807, 2.05) is 0 Å². The van der Waals surface area contributed by atoms with Gasteiger partial charge in [-0.2, -0.15) is 0 Å². The van der Waals surface area contributed by atoms with Crippen molar-refractivity contribution in [2.45, 2.75) is 38.3 Å². The van der Waals surface area contributed by atoms with Crippen LogP contribution in [0, 0.1) is 5.82 Å². The van der Waals surface area contributed by atoms with Gasteiger partial charge in [0.15, 0.2) is 0 Å². The molecule has 1 unspecified atom stereocenters. The van der Waals surface area contributed by atoms with Gasteiger partial charge < -0.3 is 10.1 Å². The van der Waals surface area contributed by atoms with E-state index in [-0.39, 0.29) is 17.5 Å². The van der Waals surface area contributed by atoms with Crippen LogP contribution in [0.1, 0.15) is 38.4 Å². The van der Waals surface area contributed by atoms with Gasteiger partial charge in [-0.15, -0.1) is 0 Å². The van der Waals surface area contributed by atoms with Crippen LogP contribution in [-0.4, -0.2) is 18.7 Å². The minimum atomic E-state index is -0.316. The molecular formula is C14H19ClFNO. The van der Waals surface area contributed by atoms with Crippen molar-refractivity contribution in [3.05, 3.63) is 34.6 Å². The molecule has 1 atom stereocenters. The van der Waals surface area contributed by atoms with Gasteiger partial charge in [-0.1, -0.05) is 31.5 Å². The van der Waals surface area contributed by atoms with Gasteiger partial charge in [0.25, 0.3) is 0 Å². The average molecular weight is 272 g/mol. The molecule has 0 spiro atoms. The van der Waals surface area contributed by atoms with Gasteiger partial charge >= 0.3 is 0 Å². The fraction of sp³-hybridized carbons (Fsp3) is 0.571. The normalized spacial score (nSPS) is 23.0. The third-order valence-electron chi connectivity index (χ3n) is 3.89. The molecule has 1 aliphatic heterocycles. The number of rotatable bonds is 3. The highest BCUT2D eigenvalue weighted by atomic mass is 35.5. The predicted molar refractivity (Wildman–Crippen MR) is 71.4 cm³/mol. The zero-order valence-corrected chi connectivity index (χ0v) is 11.6. The lowest BCUT2D eigenvalue weighted by Crippen LogP contribution is -2.54. The van der Waals surface area contributed by atoms with E-state index in [2.05, 4.69) is 19.2 Å². The molecule has 1 aromatic carbocycles. The summed E-state index contributed by atoms with van der Waals surface area (Å²) in [6, 6.07) is 4.46. The van der Waals surface area contributed by atoms with Crippen molar-refractivity contribution < 1.29 is 9.13 Å². The Hall–Kier alpha value is -0.640. The van der Waals surface area contributed by atoms with E-state index in [0.717, 1.165) is 18.4 Å². The summed E-state index contributed by atoms with van der Waals surface area (Å²) in [5, 5.41) is 3.98. The number of nitrogens with one attached hydrogen (secondary N) is 1. The van der Waals surface area contributed by atoms with Crippen LogP contribution in [0.3, 0.4) is 0 Å². The maximum atomic E-state index is 13.0. The molecule has 0 aromatic heterocycles. The summed E-state index contributed by atoms with van der Waals surface area (Å²) < 4.78 is 18.9. The number of hydrogen-bond acceptors (Lipinski definition) is 2. The molecule has 1 heterocycles. The lowest BCUT2D eigenvalue weighted by atomic mass is 9.91. The van der Waals surface area contributed by atoms with Crippen LogP contribution < -0.4 is 5.32 Å². The predicted octanol–water partition coefficient (Wildman–Crippen LogP) is 3.70. The fourth-order valence-electron chi connectivity index (χ4n) is 2.35. The first-order valence-electron chi connectivity index (χ1n) is 6.42. The van der Waals surface area contributed by atoms with Gasteiger partial charge in [-0.25, -0.2) is 4.39 Å². The van der Waals surface area contributed by atoms with Gasteiger partial charge in [-0.3, -0.25) is 0 Å². The molecule has 4 heteroatoms.